The van der Waals surface area contributed by atoms with Crippen LogP contribution in [0.4, 0.5) is 0 Å². The van der Waals surface area contributed by atoms with Gasteiger partial charge in [-0.2, -0.15) is 11.8 Å². The van der Waals surface area contributed by atoms with E-state index in [0.717, 1.165) is 37.6 Å². The van der Waals surface area contributed by atoms with E-state index in [0.29, 0.717) is 13.1 Å². The molecule has 2 atom stereocenters. The van der Waals surface area contributed by atoms with Gasteiger partial charge in [0.2, 0.25) is 5.91 Å². The summed E-state index contributed by atoms with van der Waals surface area (Å²) in [5.41, 5.74) is -0.117. The van der Waals surface area contributed by atoms with Crippen LogP contribution in [0.2, 0.25) is 0 Å². The zero-order valence-electron chi connectivity index (χ0n) is 16.8. The predicted octanol–water partition coefficient (Wildman–Crippen LogP) is 0.110. The first-order valence-corrected chi connectivity index (χ1v) is 10.9. The van der Waals surface area contributed by atoms with Gasteiger partial charge in [0.1, 0.15) is 17.1 Å². The number of carbonyl (C=O) groups is 2. The molecule has 164 valence electrons. The van der Waals surface area contributed by atoms with E-state index >= 15 is 0 Å². The van der Waals surface area contributed by atoms with Gasteiger partial charge in [0, 0.05) is 23.8 Å². The Balaban J connectivity index is 1.64. The van der Waals surface area contributed by atoms with Crippen LogP contribution in [0.3, 0.4) is 0 Å². The predicted molar refractivity (Wildman–Crippen MR) is 113 cm³/mol. The summed E-state index contributed by atoms with van der Waals surface area (Å²) in [5, 5.41) is 41.9. The van der Waals surface area contributed by atoms with Crippen molar-refractivity contribution in [1.82, 2.24) is 10.2 Å². The summed E-state index contributed by atoms with van der Waals surface area (Å²) in [4.78, 5) is 25.9. The van der Waals surface area contributed by atoms with Crippen molar-refractivity contribution < 1.29 is 34.6 Å². The number of ether oxygens (including phenoxy) is 1. The van der Waals surface area contributed by atoms with Crippen molar-refractivity contribution in [1.29, 1.82) is 0 Å². The normalized spacial score (nSPS) is 21.8. The summed E-state index contributed by atoms with van der Waals surface area (Å²) in [6.07, 6.45) is 3.08. The quantitative estimate of drug-likeness (QED) is 0.358. The van der Waals surface area contributed by atoms with Crippen LogP contribution in [0.5, 0.6) is 11.5 Å². The van der Waals surface area contributed by atoms with Crippen LogP contribution in [0.1, 0.15) is 35.2 Å². The number of phenols is 1. The van der Waals surface area contributed by atoms with Crippen molar-refractivity contribution in [3.63, 3.8) is 0 Å². The maximum Gasteiger partial charge on any atom is 0.465 e. The number of methoxy groups -OCH3 is 1. The minimum absolute atomic E-state index is 0.0103. The third kappa shape index (κ3) is 4.85. The Hall–Kier alpha value is -1.95. The summed E-state index contributed by atoms with van der Waals surface area (Å²) in [6, 6.07) is 2.89. The number of nitrogens with one attached hydrogen (secondary N) is 1. The Morgan fingerprint density at radius 2 is 2.13 bits per heavy atom. The maximum atomic E-state index is 12.6. The van der Waals surface area contributed by atoms with Gasteiger partial charge >= 0.3 is 13.1 Å². The van der Waals surface area contributed by atoms with Gasteiger partial charge in [-0.15, -0.1) is 0 Å². The molecule has 11 heteroatoms. The zero-order chi connectivity index (χ0) is 21.9. The minimum atomic E-state index is -1.74. The third-order valence-corrected chi connectivity index (χ3v) is 7.12. The monoisotopic (exact) mass is 438 g/mol. The summed E-state index contributed by atoms with van der Waals surface area (Å²) in [5.74, 6) is -1.81. The smallest absolute Gasteiger partial charge is 0.465 e. The average Bonchev–Trinajstić information content (AvgIpc) is 3.35. The second kappa shape index (κ2) is 9.46. The van der Waals surface area contributed by atoms with E-state index in [9.17, 15) is 29.9 Å². The molecule has 1 aromatic carbocycles. The minimum Gasteiger partial charge on any atom is -0.507 e. The standard InChI is InChI=1S/C19H27BN2O7S/c1-29-13-4-3-12(17(24)16(13)18(25)26)9-14(20(27)28)30-10-15(23)22-8-6-19(11-22)5-2-7-21-19/h3-4,14,21,24,27-28H,2,5-11H2,1H3,(H,25,26)/t14-,19?/m0/s1. The van der Waals surface area contributed by atoms with Gasteiger partial charge in [0.25, 0.3) is 0 Å². The fraction of sp³-hybridized carbons (Fsp3) is 0.579. The number of likely N-dealkylation sites (tertiary alicyclic amines) is 1. The third-order valence-electron chi connectivity index (χ3n) is 5.87. The largest absolute Gasteiger partial charge is 0.507 e. The Morgan fingerprint density at radius 3 is 2.73 bits per heavy atom. The molecular formula is C19H27BN2O7S. The van der Waals surface area contributed by atoms with Crippen molar-refractivity contribution >= 4 is 30.8 Å². The van der Waals surface area contributed by atoms with Gasteiger partial charge in [0.15, 0.2) is 0 Å². The zero-order valence-corrected chi connectivity index (χ0v) is 17.7. The van der Waals surface area contributed by atoms with E-state index in [1.54, 1.807) is 4.90 Å². The van der Waals surface area contributed by atoms with E-state index in [-0.39, 0.29) is 40.5 Å². The molecule has 1 spiro atoms. The highest BCUT2D eigenvalue weighted by molar-refractivity contribution is 8.01. The van der Waals surface area contributed by atoms with Crippen LogP contribution in [-0.4, -0.2) is 87.3 Å². The van der Waals surface area contributed by atoms with Crippen molar-refractivity contribution in [2.24, 2.45) is 0 Å². The number of rotatable bonds is 8. The molecule has 2 saturated heterocycles. The highest BCUT2D eigenvalue weighted by Gasteiger charge is 2.41. The van der Waals surface area contributed by atoms with Crippen LogP contribution < -0.4 is 10.1 Å². The molecule has 9 nitrogen and oxygen atoms in total. The van der Waals surface area contributed by atoms with Gasteiger partial charge in [0.05, 0.1) is 12.9 Å². The Kier molecular flexibility index (Phi) is 7.17. The van der Waals surface area contributed by atoms with Gasteiger partial charge in [-0.25, -0.2) is 4.79 Å². The average molecular weight is 438 g/mol. The van der Waals surface area contributed by atoms with E-state index in [1.165, 1.54) is 19.2 Å². The molecule has 2 aliphatic heterocycles. The number of hydrogen-bond donors (Lipinski definition) is 5. The number of amides is 1. The number of carboxylic acid groups (broad SMARTS) is 1. The molecule has 0 aliphatic carbocycles. The first kappa shape index (κ1) is 22.7. The Labute approximate surface area is 179 Å². The molecule has 0 bridgehead atoms. The number of carboxylic acids is 1. The number of aromatic carboxylic acids is 1. The first-order valence-electron chi connectivity index (χ1n) is 9.89. The molecule has 30 heavy (non-hydrogen) atoms. The first-order chi connectivity index (χ1) is 14.3. The molecule has 5 N–H and O–H groups in total. The maximum absolute atomic E-state index is 12.6. The highest BCUT2D eigenvalue weighted by atomic mass is 32.2. The van der Waals surface area contributed by atoms with Gasteiger partial charge in [-0.1, -0.05) is 6.07 Å². The van der Waals surface area contributed by atoms with Gasteiger partial charge < -0.3 is 35.2 Å². The van der Waals surface area contributed by atoms with E-state index < -0.39 is 24.0 Å². The number of benzene rings is 1. The molecule has 2 heterocycles. The number of hydrogen-bond acceptors (Lipinski definition) is 8. The summed E-state index contributed by atoms with van der Waals surface area (Å²) in [6.45, 7) is 2.32. The lowest BCUT2D eigenvalue weighted by Crippen LogP contribution is -2.44. The van der Waals surface area contributed by atoms with Crippen LogP contribution in [0, 0.1) is 0 Å². The molecule has 2 aliphatic rings. The molecule has 0 saturated carbocycles. The molecule has 0 radical (unpaired) electrons. The van der Waals surface area contributed by atoms with Crippen molar-refractivity contribution in [3.8, 4) is 11.5 Å². The molecule has 0 aromatic heterocycles. The Morgan fingerprint density at radius 1 is 1.37 bits per heavy atom. The number of aromatic hydroxyl groups is 1. The van der Waals surface area contributed by atoms with E-state index in [2.05, 4.69) is 5.32 Å². The Bertz CT molecular complexity index is 801. The highest BCUT2D eigenvalue weighted by Crippen LogP contribution is 2.34. The number of nitrogens with zero attached hydrogens (tertiary/aromatic N) is 1. The van der Waals surface area contributed by atoms with E-state index in [1.807, 2.05) is 0 Å². The molecule has 1 aromatic rings. The molecular weight excluding hydrogens is 411 g/mol. The lowest BCUT2D eigenvalue weighted by molar-refractivity contribution is -0.127. The van der Waals surface area contributed by atoms with E-state index in [4.69, 9.17) is 4.74 Å². The lowest BCUT2D eigenvalue weighted by Gasteiger charge is -2.24. The molecule has 1 amide bonds. The van der Waals surface area contributed by atoms with Crippen LogP contribution in [0.25, 0.3) is 0 Å². The molecule has 3 rings (SSSR count). The summed E-state index contributed by atoms with van der Waals surface area (Å²) >= 11 is 1.08. The fourth-order valence-electron chi connectivity index (χ4n) is 4.20. The SMILES string of the molecule is COc1ccc(C[C@H](SCC(=O)N2CCC3(CCCN3)C2)B(O)O)c(O)c1C(=O)O. The van der Waals surface area contributed by atoms with Crippen molar-refractivity contribution in [2.45, 2.75) is 36.4 Å². The van der Waals surface area contributed by atoms with Gasteiger partial charge in [-0.3, -0.25) is 4.79 Å². The fourth-order valence-corrected chi connectivity index (χ4v) is 5.21. The topological polar surface area (TPSA) is 140 Å². The second-order valence-corrected chi connectivity index (χ2v) is 9.03. The lowest BCUT2D eigenvalue weighted by atomic mass is 9.81. The van der Waals surface area contributed by atoms with Gasteiger partial charge in [-0.05, 0) is 43.9 Å². The van der Waals surface area contributed by atoms with Crippen molar-refractivity contribution in [2.75, 3.05) is 32.5 Å². The number of carbonyl (C=O) groups excluding carboxylic acids is 1. The number of thioether (sulfide) groups is 1. The van der Waals surface area contributed by atoms with Crippen LogP contribution in [0.15, 0.2) is 12.1 Å². The van der Waals surface area contributed by atoms with Crippen LogP contribution >= 0.6 is 11.8 Å². The van der Waals surface area contributed by atoms with Crippen LogP contribution in [-0.2, 0) is 11.2 Å². The van der Waals surface area contributed by atoms with Crippen molar-refractivity contribution in [3.05, 3.63) is 23.3 Å². The summed E-state index contributed by atoms with van der Waals surface area (Å²) < 4.78 is 4.97. The summed E-state index contributed by atoms with van der Waals surface area (Å²) in [7, 11) is -0.439. The molecule has 2 fully saturated rings. The second-order valence-electron chi connectivity index (χ2n) is 7.80. The molecule has 1 unspecified atom stereocenters.